The third kappa shape index (κ3) is 4.83. The molecule has 1 unspecified atom stereocenters. The van der Waals surface area contributed by atoms with Crippen molar-refractivity contribution < 1.29 is 28.6 Å². The molecule has 1 saturated heterocycles. The molecule has 0 saturated carbocycles. The summed E-state index contributed by atoms with van der Waals surface area (Å²) in [6.07, 6.45) is 1.44. The number of hydrogen-bond donors (Lipinski definition) is 1. The van der Waals surface area contributed by atoms with E-state index in [1.165, 1.54) is 54.5 Å². The highest BCUT2D eigenvalue weighted by Gasteiger charge is 2.49. The number of amides is 1. The van der Waals surface area contributed by atoms with Crippen LogP contribution in [0.4, 0.5) is 5.13 Å². The van der Waals surface area contributed by atoms with Crippen molar-refractivity contribution in [3.63, 3.8) is 0 Å². The zero-order valence-corrected chi connectivity index (χ0v) is 23.6. The molecule has 3 heterocycles. The van der Waals surface area contributed by atoms with Gasteiger partial charge in [0.15, 0.2) is 15.8 Å². The number of ether oxygens (including phenoxy) is 2. The Bertz CT molecular complexity index is 1790. The maximum atomic E-state index is 13.4. The number of ketones is 1. The molecule has 0 aliphatic carbocycles. The van der Waals surface area contributed by atoms with E-state index in [0.717, 1.165) is 16.3 Å². The minimum atomic E-state index is -1.04. The van der Waals surface area contributed by atoms with E-state index < -0.39 is 17.7 Å². The second kappa shape index (κ2) is 11.1. The fourth-order valence-electron chi connectivity index (χ4n) is 4.80. The van der Waals surface area contributed by atoms with Gasteiger partial charge in [-0.25, -0.2) is 0 Å². The zero-order valence-electron chi connectivity index (χ0n) is 21.9. The van der Waals surface area contributed by atoms with Crippen LogP contribution in [0.2, 0.25) is 0 Å². The van der Waals surface area contributed by atoms with Crippen LogP contribution >= 0.6 is 23.1 Å². The molecular formula is C30H23N3O6S2. The molecule has 41 heavy (non-hydrogen) atoms. The number of thioether (sulfide) groups is 1. The number of methoxy groups -OCH3 is 2. The molecule has 1 amide bonds. The first-order chi connectivity index (χ1) is 20.0. The lowest BCUT2D eigenvalue weighted by molar-refractivity contribution is -0.132. The highest BCUT2D eigenvalue weighted by atomic mass is 32.2. The van der Waals surface area contributed by atoms with E-state index in [0.29, 0.717) is 27.4 Å². The standard InChI is InChI=1S/C30H23N3O6S2/c1-37-21-13-12-18(15-23(21)38-2)26(34)24-25(22-11-6-14-39-22)33(28(36)27(24)35)29-31-32-30(41-29)40-16-19-9-5-8-17-7-3-4-10-20(17)19/h3-15,25,34H,16H2,1-2H3. The quantitative estimate of drug-likeness (QED) is 0.0745. The van der Waals surface area contributed by atoms with Gasteiger partial charge in [0.1, 0.15) is 17.6 Å². The van der Waals surface area contributed by atoms with Crippen LogP contribution in [0, 0.1) is 0 Å². The van der Waals surface area contributed by atoms with Gasteiger partial charge in [-0.15, -0.1) is 10.2 Å². The van der Waals surface area contributed by atoms with Crippen molar-refractivity contribution in [3.8, 4) is 11.5 Å². The average Bonchev–Trinajstić information content (AvgIpc) is 3.76. The molecule has 1 aliphatic heterocycles. The third-order valence-corrected chi connectivity index (χ3v) is 8.85. The number of fused-ring (bicyclic) bond motifs is 1. The second-order valence-corrected chi connectivity index (χ2v) is 11.2. The number of nitrogens with zero attached hydrogens (tertiary/aromatic N) is 3. The van der Waals surface area contributed by atoms with Crippen LogP contribution in [0.25, 0.3) is 16.5 Å². The van der Waals surface area contributed by atoms with Gasteiger partial charge < -0.3 is 19.0 Å². The number of Topliss-reactive ketones (excluding diaryl/α,β-unsaturated/α-hetero) is 1. The average molecular weight is 586 g/mol. The largest absolute Gasteiger partial charge is 0.507 e. The summed E-state index contributed by atoms with van der Waals surface area (Å²) >= 11 is 2.69. The zero-order chi connectivity index (χ0) is 28.5. The lowest BCUT2D eigenvalue weighted by Crippen LogP contribution is -2.29. The number of rotatable bonds is 8. The fraction of sp³-hybridized carbons (Fsp3) is 0.133. The Labute approximate surface area is 243 Å². The van der Waals surface area contributed by atoms with E-state index in [2.05, 4.69) is 34.5 Å². The molecule has 206 valence electrons. The molecule has 5 aromatic rings. The molecule has 1 fully saturated rings. The molecule has 11 heteroatoms. The number of carbonyl (C=O) groups is 2. The molecule has 0 spiro atoms. The van der Waals surface area contributed by atoms with E-state index >= 15 is 0 Å². The van der Waals surface area contributed by atoms with Gasteiger partial charge in [-0.2, -0.15) is 0 Å². The molecule has 0 bridgehead atoms. The van der Waals surface area contributed by atoms with Crippen molar-refractivity contribution >= 4 is 56.5 Å². The first-order valence-electron chi connectivity index (χ1n) is 12.5. The Kier molecular flexibility index (Phi) is 7.21. The predicted octanol–water partition coefficient (Wildman–Crippen LogP) is 6.22. The number of aliphatic hydroxyl groups is 1. The number of aliphatic hydroxyl groups excluding tert-OH is 1. The first kappa shape index (κ1) is 26.6. The summed E-state index contributed by atoms with van der Waals surface area (Å²) in [4.78, 5) is 28.0. The van der Waals surface area contributed by atoms with Gasteiger partial charge in [0.2, 0.25) is 5.13 Å². The van der Waals surface area contributed by atoms with Gasteiger partial charge >= 0.3 is 5.91 Å². The summed E-state index contributed by atoms with van der Waals surface area (Å²) in [7, 11) is 2.96. The summed E-state index contributed by atoms with van der Waals surface area (Å²) in [6, 6.07) is 21.3. The van der Waals surface area contributed by atoms with Crippen molar-refractivity contribution in [1.82, 2.24) is 10.2 Å². The van der Waals surface area contributed by atoms with E-state index in [4.69, 9.17) is 13.9 Å². The molecule has 3 aromatic carbocycles. The van der Waals surface area contributed by atoms with E-state index in [1.54, 1.807) is 24.3 Å². The topological polar surface area (TPSA) is 115 Å². The lowest BCUT2D eigenvalue weighted by Gasteiger charge is -2.20. The van der Waals surface area contributed by atoms with E-state index in [1.807, 2.05) is 18.2 Å². The Morgan fingerprint density at radius 1 is 1.00 bits per heavy atom. The molecule has 1 atom stereocenters. The van der Waals surface area contributed by atoms with Gasteiger partial charge in [0.25, 0.3) is 5.78 Å². The summed E-state index contributed by atoms with van der Waals surface area (Å²) in [5.74, 6) is -0.314. The SMILES string of the molecule is COc1ccc(C(O)=C2C(=O)C(=O)N(c3nnc(SCc4cccc5ccccc45)s3)C2c2ccco2)cc1OC. The van der Waals surface area contributed by atoms with Crippen LogP contribution in [0.1, 0.15) is 22.9 Å². The van der Waals surface area contributed by atoms with E-state index in [-0.39, 0.29) is 22.0 Å². The molecule has 9 nitrogen and oxygen atoms in total. The number of furan rings is 1. The Morgan fingerprint density at radius 3 is 2.59 bits per heavy atom. The summed E-state index contributed by atoms with van der Waals surface area (Å²) in [5, 5.41) is 22.4. The van der Waals surface area contributed by atoms with Gasteiger partial charge in [0.05, 0.1) is 26.1 Å². The normalized spacial score (nSPS) is 16.4. The Morgan fingerprint density at radius 2 is 1.80 bits per heavy atom. The van der Waals surface area contributed by atoms with Crippen LogP contribution in [-0.4, -0.2) is 41.2 Å². The number of carbonyl (C=O) groups excluding carboxylic acids is 2. The monoisotopic (exact) mass is 585 g/mol. The van der Waals surface area contributed by atoms with Crippen LogP contribution in [0.15, 0.2) is 93.4 Å². The molecule has 1 N–H and O–H groups in total. The Hall–Kier alpha value is -4.61. The van der Waals surface area contributed by atoms with Gasteiger partial charge in [-0.05, 0) is 46.7 Å². The molecule has 6 rings (SSSR count). The lowest BCUT2D eigenvalue weighted by atomic mass is 9.99. The number of anilines is 1. The highest BCUT2D eigenvalue weighted by Crippen LogP contribution is 2.45. The molecule has 2 aromatic heterocycles. The van der Waals surface area contributed by atoms with Gasteiger partial charge in [0, 0.05) is 11.3 Å². The molecule has 1 aliphatic rings. The molecular weight excluding hydrogens is 562 g/mol. The molecule has 0 radical (unpaired) electrons. The van der Waals surface area contributed by atoms with Gasteiger partial charge in [-0.3, -0.25) is 14.5 Å². The number of benzene rings is 3. The second-order valence-electron chi connectivity index (χ2n) is 9.03. The predicted molar refractivity (Wildman–Crippen MR) is 156 cm³/mol. The number of aromatic nitrogens is 2. The number of hydrogen-bond acceptors (Lipinski definition) is 10. The maximum Gasteiger partial charge on any atom is 0.302 e. The minimum Gasteiger partial charge on any atom is -0.507 e. The fourth-order valence-corrected chi connectivity index (χ4v) is 6.67. The van der Waals surface area contributed by atoms with Crippen LogP contribution in [0.5, 0.6) is 11.5 Å². The smallest absolute Gasteiger partial charge is 0.302 e. The van der Waals surface area contributed by atoms with Crippen molar-refractivity contribution in [3.05, 3.63) is 102 Å². The van der Waals surface area contributed by atoms with E-state index in [9.17, 15) is 14.7 Å². The summed E-state index contributed by atoms with van der Waals surface area (Å²) < 4.78 is 16.9. The van der Waals surface area contributed by atoms with Crippen molar-refractivity contribution in [1.29, 1.82) is 0 Å². The van der Waals surface area contributed by atoms with Crippen LogP contribution < -0.4 is 14.4 Å². The van der Waals surface area contributed by atoms with Crippen LogP contribution in [-0.2, 0) is 15.3 Å². The van der Waals surface area contributed by atoms with Crippen molar-refractivity contribution in [2.45, 2.75) is 16.1 Å². The Balaban J connectivity index is 1.35. The summed E-state index contributed by atoms with van der Waals surface area (Å²) in [6.45, 7) is 0. The third-order valence-electron chi connectivity index (χ3n) is 6.75. The highest BCUT2D eigenvalue weighted by molar-refractivity contribution is 8.00. The van der Waals surface area contributed by atoms with Crippen molar-refractivity contribution in [2.75, 3.05) is 19.1 Å². The minimum absolute atomic E-state index is 0.127. The van der Waals surface area contributed by atoms with Crippen molar-refractivity contribution in [2.24, 2.45) is 0 Å². The summed E-state index contributed by atoms with van der Waals surface area (Å²) in [5.41, 5.74) is 1.30. The first-order valence-corrected chi connectivity index (χ1v) is 14.3. The maximum absolute atomic E-state index is 13.4. The van der Waals surface area contributed by atoms with Crippen LogP contribution in [0.3, 0.4) is 0 Å². The van der Waals surface area contributed by atoms with Gasteiger partial charge in [-0.1, -0.05) is 65.6 Å².